The maximum absolute atomic E-state index is 12.4. The number of nitrogens with zero attached hydrogens (tertiary/aromatic N) is 1. The summed E-state index contributed by atoms with van der Waals surface area (Å²) in [6.45, 7) is 9.25. The molecular weight excluding hydrogens is 280 g/mol. The Bertz CT molecular complexity index is 469. The second-order valence-corrected chi connectivity index (χ2v) is 5.55. The summed E-state index contributed by atoms with van der Waals surface area (Å²) in [5.41, 5.74) is 1.14. The third-order valence-corrected chi connectivity index (χ3v) is 3.88. The predicted molar refractivity (Wildman–Crippen MR) is 86.0 cm³/mol. The molecule has 2 rings (SSSR count). The van der Waals surface area contributed by atoms with E-state index in [4.69, 9.17) is 9.47 Å². The number of carbonyl (C=O) groups is 1. The minimum Gasteiger partial charge on any atom is -0.494 e. The van der Waals surface area contributed by atoms with E-state index in [1.165, 1.54) is 0 Å². The molecule has 0 saturated carbocycles. The maximum Gasteiger partial charge on any atom is 0.239 e. The van der Waals surface area contributed by atoms with Gasteiger partial charge in [-0.1, -0.05) is 12.1 Å². The minimum absolute atomic E-state index is 0.107. The highest BCUT2D eigenvalue weighted by molar-refractivity contribution is 5.81. The van der Waals surface area contributed by atoms with Crippen molar-refractivity contribution in [1.29, 1.82) is 0 Å². The Morgan fingerprint density at radius 3 is 2.50 bits per heavy atom. The fourth-order valence-electron chi connectivity index (χ4n) is 2.62. The first-order valence-electron chi connectivity index (χ1n) is 7.97. The number of benzene rings is 1. The Balaban J connectivity index is 1.89. The van der Waals surface area contributed by atoms with Gasteiger partial charge in [0.05, 0.1) is 25.9 Å². The molecule has 1 saturated heterocycles. The van der Waals surface area contributed by atoms with Gasteiger partial charge in [-0.2, -0.15) is 0 Å². The van der Waals surface area contributed by atoms with Crippen LogP contribution in [0.25, 0.3) is 0 Å². The smallest absolute Gasteiger partial charge is 0.239 e. The van der Waals surface area contributed by atoms with E-state index in [0.29, 0.717) is 32.9 Å². The molecule has 5 heteroatoms. The summed E-state index contributed by atoms with van der Waals surface area (Å²) in [6.07, 6.45) is 0. The van der Waals surface area contributed by atoms with Crippen LogP contribution < -0.4 is 10.1 Å². The van der Waals surface area contributed by atoms with Gasteiger partial charge in [-0.25, -0.2) is 0 Å². The van der Waals surface area contributed by atoms with Crippen molar-refractivity contribution in [2.75, 3.05) is 32.9 Å². The van der Waals surface area contributed by atoms with Crippen molar-refractivity contribution >= 4 is 5.91 Å². The van der Waals surface area contributed by atoms with Gasteiger partial charge < -0.3 is 14.4 Å². The van der Waals surface area contributed by atoms with E-state index < -0.39 is 0 Å². The third kappa shape index (κ3) is 4.45. The number of rotatable bonds is 6. The Labute approximate surface area is 132 Å². The number of hydrogen-bond donors (Lipinski definition) is 1. The highest BCUT2D eigenvalue weighted by atomic mass is 16.5. The molecule has 22 heavy (non-hydrogen) atoms. The van der Waals surface area contributed by atoms with Gasteiger partial charge in [-0.05, 0) is 38.5 Å². The molecule has 2 atom stereocenters. The molecule has 0 spiro atoms. The van der Waals surface area contributed by atoms with E-state index in [1.54, 1.807) is 0 Å². The van der Waals surface area contributed by atoms with Crippen LogP contribution in [0, 0.1) is 0 Å². The fraction of sp³-hybridized carbons (Fsp3) is 0.588. The molecule has 1 N–H and O–H groups in total. The number of hydrogen-bond acceptors (Lipinski definition) is 4. The first-order valence-corrected chi connectivity index (χ1v) is 7.97. The zero-order valence-electron chi connectivity index (χ0n) is 13.7. The molecule has 0 radical (unpaired) electrons. The normalized spacial score (nSPS) is 17.9. The minimum atomic E-state index is -0.209. The lowest BCUT2D eigenvalue weighted by molar-refractivity contribution is -0.137. The Morgan fingerprint density at radius 2 is 1.91 bits per heavy atom. The summed E-state index contributed by atoms with van der Waals surface area (Å²) in [5, 5.41) is 3.37. The van der Waals surface area contributed by atoms with Crippen molar-refractivity contribution in [3.63, 3.8) is 0 Å². The largest absolute Gasteiger partial charge is 0.494 e. The fourth-order valence-corrected chi connectivity index (χ4v) is 2.62. The van der Waals surface area contributed by atoms with Gasteiger partial charge in [0, 0.05) is 19.1 Å². The molecular formula is C17H26N2O3. The van der Waals surface area contributed by atoms with E-state index in [1.807, 2.05) is 43.0 Å². The molecule has 1 aromatic rings. The van der Waals surface area contributed by atoms with Gasteiger partial charge in [-0.15, -0.1) is 0 Å². The molecule has 0 bridgehead atoms. The molecule has 1 fully saturated rings. The summed E-state index contributed by atoms with van der Waals surface area (Å²) in [7, 11) is 0. The lowest BCUT2D eigenvalue weighted by Crippen LogP contribution is -2.49. The summed E-state index contributed by atoms with van der Waals surface area (Å²) >= 11 is 0. The highest BCUT2D eigenvalue weighted by Crippen LogP contribution is 2.18. The third-order valence-electron chi connectivity index (χ3n) is 3.88. The summed E-state index contributed by atoms with van der Waals surface area (Å²) < 4.78 is 10.7. The average molecular weight is 306 g/mol. The first-order chi connectivity index (χ1) is 10.6. The number of nitrogens with one attached hydrogen (secondary N) is 1. The van der Waals surface area contributed by atoms with Gasteiger partial charge in [0.2, 0.25) is 5.91 Å². The molecule has 0 aliphatic carbocycles. The Kier molecular flexibility index (Phi) is 6.21. The maximum atomic E-state index is 12.4. The van der Waals surface area contributed by atoms with Crippen molar-refractivity contribution in [2.45, 2.75) is 32.9 Å². The van der Waals surface area contributed by atoms with Crippen molar-refractivity contribution < 1.29 is 14.3 Å². The van der Waals surface area contributed by atoms with Crippen molar-refractivity contribution in [3.05, 3.63) is 29.8 Å². The molecule has 1 aliphatic rings. The van der Waals surface area contributed by atoms with Gasteiger partial charge in [0.1, 0.15) is 5.75 Å². The molecule has 5 nitrogen and oxygen atoms in total. The number of carbonyl (C=O) groups excluding carboxylic acids is 1. The summed E-state index contributed by atoms with van der Waals surface area (Å²) in [4.78, 5) is 14.3. The van der Waals surface area contributed by atoms with Crippen LogP contribution in [0.1, 0.15) is 32.4 Å². The second kappa shape index (κ2) is 8.15. The first kappa shape index (κ1) is 16.8. The second-order valence-electron chi connectivity index (χ2n) is 5.55. The summed E-state index contributed by atoms with van der Waals surface area (Å²) in [5.74, 6) is 1.01. The average Bonchev–Trinajstić information content (AvgIpc) is 2.55. The predicted octanol–water partition coefficient (Wildman–Crippen LogP) is 1.98. The number of ether oxygens (including phenoxy) is 2. The van der Waals surface area contributed by atoms with Crippen LogP contribution in [0.2, 0.25) is 0 Å². The van der Waals surface area contributed by atoms with Gasteiger partial charge in [-0.3, -0.25) is 10.1 Å². The van der Waals surface area contributed by atoms with E-state index >= 15 is 0 Å². The Hall–Kier alpha value is -1.59. The molecule has 0 aromatic heterocycles. The van der Waals surface area contributed by atoms with E-state index in [0.717, 1.165) is 11.3 Å². The standard InChI is InChI=1S/C17H26N2O3/c1-4-22-16-7-5-15(6-8-16)13(2)18-14(3)17(20)19-9-11-21-12-10-19/h5-8,13-14,18H,4,9-12H2,1-3H3/t13-,14-/m0/s1. The lowest BCUT2D eigenvalue weighted by atomic mass is 10.1. The van der Waals surface area contributed by atoms with Crippen molar-refractivity contribution in [2.24, 2.45) is 0 Å². The van der Waals surface area contributed by atoms with E-state index in [9.17, 15) is 4.79 Å². The van der Waals surface area contributed by atoms with Crippen LogP contribution in [0.15, 0.2) is 24.3 Å². The van der Waals surface area contributed by atoms with Crippen LogP contribution in [-0.2, 0) is 9.53 Å². The number of morpholine rings is 1. The van der Waals surface area contributed by atoms with Crippen molar-refractivity contribution in [1.82, 2.24) is 10.2 Å². The van der Waals surface area contributed by atoms with Crippen LogP contribution in [0.3, 0.4) is 0 Å². The van der Waals surface area contributed by atoms with E-state index in [2.05, 4.69) is 12.2 Å². The lowest BCUT2D eigenvalue weighted by Gasteiger charge is -2.30. The Morgan fingerprint density at radius 1 is 1.27 bits per heavy atom. The molecule has 1 aromatic carbocycles. The topological polar surface area (TPSA) is 50.8 Å². The molecule has 1 aliphatic heterocycles. The monoisotopic (exact) mass is 306 g/mol. The summed E-state index contributed by atoms with van der Waals surface area (Å²) in [6, 6.07) is 7.90. The van der Waals surface area contributed by atoms with Gasteiger partial charge >= 0.3 is 0 Å². The molecule has 1 amide bonds. The van der Waals surface area contributed by atoms with Crippen LogP contribution in [0.4, 0.5) is 0 Å². The van der Waals surface area contributed by atoms with Crippen LogP contribution in [-0.4, -0.2) is 49.8 Å². The van der Waals surface area contributed by atoms with Crippen LogP contribution >= 0.6 is 0 Å². The van der Waals surface area contributed by atoms with Gasteiger partial charge in [0.15, 0.2) is 0 Å². The number of amides is 1. The molecule has 1 heterocycles. The molecule has 122 valence electrons. The van der Waals surface area contributed by atoms with Gasteiger partial charge in [0.25, 0.3) is 0 Å². The highest BCUT2D eigenvalue weighted by Gasteiger charge is 2.23. The zero-order valence-corrected chi connectivity index (χ0v) is 13.7. The van der Waals surface area contributed by atoms with Crippen molar-refractivity contribution in [3.8, 4) is 5.75 Å². The van der Waals surface area contributed by atoms with E-state index in [-0.39, 0.29) is 18.0 Å². The molecule has 0 unspecified atom stereocenters. The zero-order chi connectivity index (χ0) is 15.9. The SMILES string of the molecule is CCOc1ccc([C@H](C)N[C@@H](C)C(=O)N2CCOCC2)cc1. The van der Waals surface area contributed by atoms with Crippen LogP contribution in [0.5, 0.6) is 5.75 Å². The quantitative estimate of drug-likeness (QED) is 0.873.